The SMILES string of the molecule is Cc1cc(C=C2C(=O)NC(=O)N(c3ccccc3Cl)C2=O)c(C)n1-c1ccc(Cl)cc1. The minimum absolute atomic E-state index is 0.157. The summed E-state index contributed by atoms with van der Waals surface area (Å²) in [6.45, 7) is 3.81. The van der Waals surface area contributed by atoms with Crippen LogP contribution in [0.15, 0.2) is 60.2 Å². The van der Waals surface area contributed by atoms with Gasteiger partial charge in [0.05, 0.1) is 10.7 Å². The molecule has 0 spiro atoms. The van der Waals surface area contributed by atoms with Gasteiger partial charge in [-0.05, 0) is 68.0 Å². The van der Waals surface area contributed by atoms with Crippen LogP contribution in [-0.4, -0.2) is 22.4 Å². The van der Waals surface area contributed by atoms with E-state index in [0.717, 1.165) is 22.0 Å². The second kappa shape index (κ2) is 8.06. The fourth-order valence-electron chi connectivity index (χ4n) is 3.59. The van der Waals surface area contributed by atoms with Crippen molar-refractivity contribution >= 4 is 52.8 Å². The molecule has 0 radical (unpaired) electrons. The Hall–Kier alpha value is -3.35. The number of aryl methyl sites for hydroxylation is 1. The molecule has 156 valence electrons. The first kappa shape index (κ1) is 20.9. The minimum Gasteiger partial charge on any atom is -0.318 e. The van der Waals surface area contributed by atoms with Crippen LogP contribution in [0.3, 0.4) is 0 Å². The maximum Gasteiger partial charge on any atom is 0.335 e. The summed E-state index contributed by atoms with van der Waals surface area (Å²) in [6.07, 6.45) is 1.49. The van der Waals surface area contributed by atoms with Crippen LogP contribution in [0.1, 0.15) is 17.0 Å². The number of urea groups is 1. The number of nitrogens with one attached hydrogen (secondary N) is 1. The lowest BCUT2D eigenvalue weighted by Gasteiger charge is -2.27. The number of nitrogens with zero attached hydrogens (tertiary/aromatic N) is 2. The molecule has 1 aliphatic rings. The highest BCUT2D eigenvalue weighted by Gasteiger charge is 2.37. The highest BCUT2D eigenvalue weighted by atomic mass is 35.5. The van der Waals surface area contributed by atoms with Crippen LogP contribution in [0.5, 0.6) is 0 Å². The van der Waals surface area contributed by atoms with Gasteiger partial charge in [-0.25, -0.2) is 9.69 Å². The quantitative estimate of drug-likeness (QED) is 0.444. The molecule has 1 saturated heterocycles. The van der Waals surface area contributed by atoms with Crippen molar-refractivity contribution in [1.82, 2.24) is 9.88 Å². The molecule has 2 aromatic carbocycles. The number of amides is 4. The smallest absolute Gasteiger partial charge is 0.318 e. The molecule has 31 heavy (non-hydrogen) atoms. The molecule has 0 saturated carbocycles. The largest absolute Gasteiger partial charge is 0.335 e. The summed E-state index contributed by atoms with van der Waals surface area (Å²) in [6, 6.07) is 14.8. The maximum absolute atomic E-state index is 13.1. The molecule has 6 nitrogen and oxygen atoms in total. The molecular weight excluding hydrogens is 437 g/mol. The minimum atomic E-state index is -0.841. The van der Waals surface area contributed by atoms with Crippen molar-refractivity contribution in [1.29, 1.82) is 0 Å². The second-order valence-corrected chi connectivity index (χ2v) is 7.89. The van der Waals surface area contributed by atoms with Crippen molar-refractivity contribution < 1.29 is 14.4 Å². The zero-order valence-electron chi connectivity index (χ0n) is 16.6. The summed E-state index contributed by atoms with van der Waals surface area (Å²) in [5, 5.41) is 3.06. The average molecular weight is 454 g/mol. The first-order chi connectivity index (χ1) is 14.8. The van der Waals surface area contributed by atoms with Gasteiger partial charge in [-0.2, -0.15) is 0 Å². The van der Waals surface area contributed by atoms with Crippen molar-refractivity contribution in [2.24, 2.45) is 0 Å². The van der Waals surface area contributed by atoms with Crippen LogP contribution in [0, 0.1) is 13.8 Å². The third-order valence-electron chi connectivity index (χ3n) is 5.05. The lowest BCUT2D eigenvalue weighted by atomic mass is 10.1. The zero-order valence-corrected chi connectivity index (χ0v) is 18.2. The van der Waals surface area contributed by atoms with Crippen LogP contribution in [0.25, 0.3) is 11.8 Å². The van der Waals surface area contributed by atoms with E-state index in [1.165, 1.54) is 6.08 Å². The summed E-state index contributed by atoms with van der Waals surface area (Å²) in [5.74, 6) is -1.49. The number of carbonyl (C=O) groups excluding carboxylic acids is 3. The average Bonchev–Trinajstić information content (AvgIpc) is 3.00. The van der Waals surface area contributed by atoms with Crippen LogP contribution in [-0.2, 0) is 9.59 Å². The third kappa shape index (κ3) is 3.76. The van der Waals surface area contributed by atoms with E-state index >= 15 is 0 Å². The lowest BCUT2D eigenvalue weighted by molar-refractivity contribution is -0.122. The highest BCUT2D eigenvalue weighted by Crippen LogP contribution is 2.30. The van der Waals surface area contributed by atoms with Gasteiger partial charge in [0.1, 0.15) is 5.57 Å². The number of carbonyl (C=O) groups is 3. The molecule has 0 bridgehead atoms. The summed E-state index contributed by atoms with van der Waals surface area (Å²) in [5.41, 5.74) is 3.37. The molecule has 1 fully saturated rings. The van der Waals surface area contributed by atoms with E-state index in [9.17, 15) is 14.4 Å². The van der Waals surface area contributed by atoms with E-state index < -0.39 is 17.8 Å². The topological polar surface area (TPSA) is 71.4 Å². The Morgan fingerprint density at radius 1 is 0.935 bits per heavy atom. The highest BCUT2D eigenvalue weighted by molar-refractivity contribution is 6.42. The first-order valence-corrected chi connectivity index (χ1v) is 10.1. The molecule has 1 aromatic heterocycles. The van der Waals surface area contributed by atoms with Crippen LogP contribution < -0.4 is 10.2 Å². The molecule has 0 atom stereocenters. The number of hydrogen-bond donors (Lipinski definition) is 1. The summed E-state index contributed by atoms with van der Waals surface area (Å²) < 4.78 is 1.99. The predicted octanol–water partition coefficient (Wildman–Crippen LogP) is 5.07. The Balaban J connectivity index is 1.77. The van der Waals surface area contributed by atoms with Crippen LogP contribution >= 0.6 is 23.2 Å². The predicted molar refractivity (Wildman–Crippen MR) is 121 cm³/mol. The van der Waals surface area contributed by atoms with Crippen LogP contribution in [0.4, 0.5) is 10.5 Å². The molecule has 3 aromatic rings. The molecule has 1 aliphatic heterocycles. The van der Waals surface area contributed by atoms with E-state index in [0.29, 0.717) is 10.6 Å². The monoisotopic (exact) mass is 453 g/mol. The Bertz CT molecular complexity index is 1260. The number of aromatic nitrogens is 1. The molecule has 1 N–H and O–H groups in total. The van der Waals surface area contributed by atoms with E-state index in [2.05, 4.69) is 5.32 Å². The van der Waals surface area contributed by atoms with Crippen molar-refractivity contribution in [3.05, 3.63) is 87.2 Å². The number of imide groups is 2. The van der Waals surface area contributed by atoms with Gasteiger partial charge in [-0.3, -0.25) is 14.9 Å². The van der Waals surface area contributed by atoms with Crippen molar-refractivity contribution in [2.75, 3.05) is 4.90 Å². The van der Waals surface area contributed by atoms with Gasteiger partial charge in [0.2, 0.25) is 0 Å². The van der Waals surface area contributed by atoms with E-state index in [4.69, 9.17) is 23.2 Å². The number of para-hydroxylation sites is 1. The molecule has 8 heteroatoms. The van der Waals surface area contributed by atoms with E-state index in [1.54, 1.807) is 36.4 Å². The molecule has 4 rings (SSSR count). The zero-order chi connectivity index (χ0) is 22.3. The van der Waals surface area contributed by atoms with Crippen LogP contribution in [0.2, 0.25) is 10.0 Å². The first-order valence-electron chi connectivity index (χ1n) is 9.39. The number of hydrogen-bond acceptors (Lipinski definition) is 3. The summed E-state index contributed by atoms with van der Waals surface area (Å²) in [7, 11) is 0. The number of anilines is 1. The summed E-state index contributed by atoms with van der Waals surface area (Å²) >= 11 is 12.2. The number of benzene rings is 2. The van der Waals surface area contributed by atoms with E-state index in [-0.39, 0.29) is 16.3 Å². The van der Waals surface area contributed by atoms with Crippen molar-refractivity contribution in [3.8, 4) is 5.69 Å². The third-order valence-corrected chi connectivity index (χ3v) is 5.62. The Morgan fingerprint density at radius 3 is 2.29 bits per heavy atom. The summed E-state index contributed by atoms with van der Waals surface area (Å²) in [4.78, 5) is 38.8. The fraction of sp³-hybridized carbons (Fsp3) is 0.0870. The van der Waals surface area contributed by atoms with Gasteiger partial charge in [0.25, 0.3) is 11.8 Å². The fourth-order valence-corrected chi connectivity index (χ4v) is 3.93. The van der Waals surface area contributed by atoms with Gasteiger partial charge in [-0.15, -0.1) is 0 Å². The second-order valence-electron chi connectivity index (χ2n) is 7.05. The normalized spacial score (nSPS) is 15.5. The molecule has 4 amide bonds. The van der Waals surface area contributed by atoms with Gasteiger partial charge in [-0.1, -0.05) is 35.3 Å². The molecule has 0 unspecified atom stereocenters. The van der Waals surface area contributed by atoms with Crippen molar-refractivity contribution in [2.45, 2.75) is 13.8 Å². The van der Waals surface area contributed by atoms with Gasteiger partial charge < -0.3 is 4.57 Å². The molecule has 2 heterocycles. The number of rotatable bonds is 3. The van der Waals surface area contributed by atoms with Gasteiger partial charge >= 0.3 is 6.03 Å². The lowest BCUT2D eigenvalue weighted by Crippen LogP contribution is -2.54. The van der Waals surface area contributed by atoms with Gasteiger partial charge in [0, 0.05) is 22.1 Å². The number of halogens is 2. The van der Waals surface area contributed by atoms with E-state index in [1.807, 2.05) is 36.6 Å². The Labute approximate surface area is 188 Å². The Kier molecular flexibility index (Phi) is 5.43. The standard InChI is InChI=1S/C23H17Cl2N3O3/c1-13-11-15(14(2)27(13)17-9-7-16(24)8-10-17)12-18-21(29)26-23(31)28(22(18)30)20-6-4-3-5-19(20)25/h3-12H,1-2H3,(H,26,29,31). The Morgan fingerprint density at radius 2 is 1.61 bits per heavy atom. The van der Waals surface area contributed by atoms with Crippen molar-refractivity contribution in [3.63, 3.8) is 0 Å². The maximum atomic E-state index is 13.1. The van der Waals surface area contributed by atoms with Gasteiger partial charge in [0.15, 0.2) is 0 Å². The molecular formula is C23H17Cl2N3O3. The number of barbiturate groups is 1. The molecule has 0 aliphatic carbocycles.